The second-order valence-electron chi connectivity index (χ2n) is 5.68. The van der Waals surface area contributed by atoms with Crippen LogP contribution in [0, 0.1) is 0 Å². The van der Waals surface area contributed by atoms with Gasteiger partial charge in [-0.3, -0.25) is 9.69 Å². The Labute approximate surface area is 108 Å². The lowest BCUT2D eigenvalue weighted by Gasteiger charge is -2.31. The van der Waals surface area contributed by atoms with Crippen LogP contribution in [0.5, 0.6) is 0 Å². The summed E-state index contributed by atoms with van der Waals surface area (Å²) in [4.78, 5) is 13.1. The summed E-state index contributed by atoms with van der Waals surface area (Å²) in [5.41, 5.74) is 3.26. The van der Waals surface area contributed by atoms with Crippen molar-refractivity contribution in [1.82, 2.24) is 4.90 Å². The third kappa shape index (κ3) is 2.41. The van der Waals surface area contributed by atoms with E-state index < -0.39 is 11.5 Å². The molecule has 2 rings (SSSR count). The Morgan fingerprint density at radius 3 is 2.67 bits per heavy atom. The van der Waals surface area contributed by atoms with Gasteiger partial charge >= 0.3 is 5.97 Å². The quantitative estimate of drug-likeness (QED) is 0.888. The van der Waals surface area contributed by atoms with Crippen LogP contribution >= 0.6 is 0 Å². The van der Waals surface area contributed by atoms with Crippen LogP contribution in [-0.4, -0.2) is 28.6 Å². The first kappa shape index (κ1) is 13.1. The Morgan fingerprint density at radius 1 is 1.33 bits per heavy atom. The van der Waals surface area contributed by atoms with E-state index in [4.69, 9.17) is 0 Å². The van der Waals surface area contributed by atoms with Gasteiger partial charge in [-0.2, -0.15) is 0 Å². The number of aryl methyl sites for hydroxylation is 2. The fourth-order valence-corrected chi connectivity index (χ4v) is 2.36. The highest BCUT2D eigenvalue weighted by atomic mass is 16.4. The summed E-state index contributed by atoms with van der Waals surface area (Å²) in [6, 6.07) is 6.55. The second-order valence-corrected chi connectivity index (χ2v) is 5.68. The lowest BCUT2D eigenvalue weighted by atomic mass is 10.0. The van der Waals surface area contributed by atoms with Crippen LogP contribution in [0.1, 0.15) is 37.0 Å². The van der Waals surface area contributed by atoms with E-state index in [2.05, 4.69) is 18.2 Å². The fraction of sp³-hybridized carbons (Fsp3) is 0.533. The molecule has 1 aliphatic rings. The van der Waals surface area contributed by atoms with Crippen LogP contribution in [0.25, 0.3) is 0 Å². The number of aliphatic carboxylic acids is 1. The maximum absolute atomic E-state index is 11.2. The number of rotatable bonds is 4. The van der Waals surface area contributed by atoms with Crippen molar-refractivity contribution in [3.63, 3.8) is 0 Å². The molecule has 0 aromatic heterocycles. The minimum Gasteiger partial charge on any atom is -0.480 e. The minimum atomic E-state index is -0.834. The van der Waals surface area contributed by atoms with Crippen molar-refractivity contribution in [3.05, 3.63) is 34.9 Å². The van der Waals surface area contributed by atoms with Gasteiger partial charge in [0.2, 0.25) is 0 Å². The maximum Gasteiger partial charge on any atom is 0.323 e. The summed E-state index contributed by atoms with van der Waals surface area (Å²) in [5.74, 6) is -0.786. The molecule has 0 fully saturated rings. The van der Waals surface area contributed by atoms with E-state index in [-0.39, 0.29) is 0 Å². The molecule has 0 heterocycles. The highest BCUT2D eigenvalue weighted by molar-refractivity contribution is 5.77. The average molecular weight is 247 g/mol. The van der Waals surface area contributed by atoms with Gasteiger partial charge in [-0.15, -0.1) is 0 Å². The molecule has 3 nitrogen and oxygen atoms in total. The molecular weight excluding hydrogens is 226 g/mol. The smallest absolute Gasteiger partial charge is 0.323 e. The molecule has 1 aliphatic carbocycles. The molecule has 3 heteroatoms. The van der Waals surface area contributed by atoms with E-state index in [1.54, 1.807) is 13.8 Å². The van der Waals surface area contributed by atoms with Gasteiger partial charge in [0.25, 0.3) is 0 Å². The van der Waals surface area contributed by atoms with E-state index >= 15 is 0 Å². The summed E-state index contributed by atoms with van der Waals surface area (Å²) >= 11 is 0. The maximum atomic E-state index is 11.2. The lowest BCUT2D eigenvalue weighted by molar-refractivity contribution is -0.148. The summed E-state index contributed by atoms with van der Waals surface area (Å²) in [7, 11) is 1.86. The van der Waals surface area contributed by atoms with Crippen molar-refractivity contribution in [1.29, 1.82) is 0 Å². The fourth-order valence-electron chi connectivity index (χ4n) is 2.36. The van der Waals surface area contributed by atoms with Crippen LogP contribution in [0.2, 0.25) is 0 Å². The Bertz CT molecular complexity index is 466. The van der Waals surface area contributed by atoms with E-state index in [0.29, 0.717) is 6.54 Å². The van der Waals surface area contributed by atoms with Crippen molar-refractivity contribution in [2.75, 3.05) is 7.05 Å². The van der Waals surface area contributed by atoms with Crippen molar-refractivity contribution < 1.29 is 9.90 Å². The number of fused-ring (bicyclic) bond motifs is 1. The zero-order chi connectivity index (χ0) is 13.3. The molecule has 0 saturated carbocycles. The van der Waals surface area contributed by atoms with Gasteiger partial charge < -0.3 is 5.11 Å². The Balaban J connectivity index is 2.12. The van der Waals surface area contributed by atoms with E-state index in [9.17, 15) is 9.90 Å². The molecule has 0 amide bonds. The number of hydrogen-bond acceptors (Lipinski definition) is 2. The molecule has 98 valence electrons. The summed E-state index contributed by atoms with van der Waals surface area (Å²) in [6.45, 7) is 4.15. The van der Waals surface area contributed by atoms with Crippen LogP contribution in [0.3, 0.4) is 0 Å². The van der Waals surface area contributed by atoms with Gasteiger partial charge in [-0.25, -0.2) is 0 Å². The zero-order valence-electron chi connectivity index (χ0n) is 11.4. The number of carboxylic acid groups (broad SMARTS) is 1. The molecule has 1 aromatic carbocycles. The van der Waals surface area contributed by atoms with Crippen LogP contribution in [-0.2, 0) is 24.2 Å². The number of carbonyl (C=O) groups is 1. The standard InChI is InChI=1S/C15H21NO2/c1-15(2,14(17)18)16(3)10-11-7-8-12-5-4-6-13(12)9-11/h7-9H,4-6,10H2,1-3H3,(H,17,18). The monoisotopic (exact) mass is 247 g/mol. The third-order valence-electron chi connectivity index (χ3n) is 4.06. The predicted molar refractivity (Wildman–Crippen MR) is 71.6 cm³/mol. The summed E-state index contributed by atoms with van der Waals surface area (Å²) in [6.07, 6.45) is 3.59. The number of hydrogen-bond donors (Lipinski definition) is 1. The Kier molecular flexibility index (Phi) is 3.44. The number of nitrogens with zero attached hydrogens (tertiary/aromatic N) is 1. The van der Waals surface area contributed by atoms with E-state index in [0.717, 1.165) is 6.42 Å². The van der Waals surface area contributed by atoms with Gasteiger partial charge in [-0.1, -0.05) is 18.2 Å². The predicted octanol–water partition coefficient (Wildman–Crippen LogP) is 2.47. The van der Waals surface area contributed by atoms with Crippen LogP contribution in [0.15, 0.2) is 18.2 Å². The largest absolute Gasteiger partial charge is 0.480 e. The zero-order valence-corrected chi connectivity index (χ0v) is 11.4. The number of carboxylic acids is 1. The third-order valence-corrected chi connectivity index (χ3v) is 4.06. The van der Waals surface area contributed by atoms with Gasteiger partial charge in [-0.05, 0) is 56.8 Å². The molecule has 0 unspecified atom stereocenters. The first-order valence-electron chi connectivity index (χ1n) is 6.46. The molecule has 0 saturated heterocycles. The Morgan fingerprint density at radius 2 is 2.00 bits per heavy atom. The highest BCUT2D eigenvalue weighted by Gasteiger charge is 2.31. The normalized spacial score (nSPS) is 14.9. The lowest BCUT2D eigenvalue weighted by Crippen LogP contribution is -2.47. The van der Waals surface area contributed by atoms with E-state index in [1.807, 2.05) is 11.9 Å². The van der Waals surface area contributed by atoms with Gasteiger partial charge in [0.05, 0.1) is 0 Å². The average Bonchev–Trinajstić information content (AvgIpc) is 2.75. The SMILES string of the molecule is CN(Cc1ccc2c(c1)CCC2)C(C)(C)C(=O)O. The topological polar surface area (TPSA) is 40.5 Å². The molecule has 0 atom stereocenters. The molecule has 18 heavy (non-hydrogen) atoms. The van der Waals surface area contributed by atoms with Crippen molar-refractivity contribution in [2.24, 2.45) is 0 Å². The summed E-state index contributed by atoms with van der Waals surface area (Å²) < 4.78 is 0. The molecule has 0 aliphatic heterocycles. The van der Waals surface area contributed by atoms with Crippen LogP contribution < -0.4 is 0 Å². The molecular formula is C15H21NO2. The van der Waals surface area contributed by atoms with Crippen LogP contribution in [0.4, 0.5) is 0 Å². The number of likely N-dealkylation sites (N-methyl/N-ethyl adjacent to an activating group) is 1. The van der Waals surface area contributed by atoms with Crippen molar-refractivity contribution in [3.8, 4) is 0 Å². The van der Waals surface area contributed by atoms with Crippen molar-refractivity contribution >= 4 is 5.97 Å². The highest BCUT2D eigenvalue weighted by Crippen LogP contribution is 2.24. The molecule has 0 radical (unpaired) electrons. The first-order chi connectivity index (χ1) is 8.41. The van der Waals surface area contributed by atoms with E-state index in [1.165, 1.54) is 29.5 Å². The molecule has 1 N–H and O–H groups in total. The van der Waals surface area contributed by atoms with Gasteiger partial charge in [0.1, 0.15) is 5.54 Å². The second kappa shape index (κ2) is 4.73. The summed E-state index contributed by atoms with van der Waals surface area (Å²) in [5, 5.41) is 9.20. The first-order valence-corrected chi connectivity index (χ1v) is 6.46. The van der Waals surface area contributed by atoms with Gasteiger partial charge in [0.15, 0.2) is 0 Å². The molecule has 1 aromatic rings. The van der Waals surface area contributed by atoms with Gasteiger partial charge in [0, 0.05) is 6.54 Å². The molecule has 0 bridgehead atoms. The Hall–Kier alpha value is -1.35. The molecule has 0 spiro atoms. The minimum absolute atomic E-state index is 0.673. The van der Waals surface area contributed by atoms with Crippen molar-refractivity contribution in [2.45, 2.75) is 45.2 Å². The number of benzene rings is 1.